The van der Waals surface area contributed by atoms with Crippen molar-refractivity contribution in [2.24, 2.45) is 0 Å². The summed E-state index contributed by atoms with van der Waals surface area (Å²) in [7, 11) is 0. The number of carbonyl (C=O) groups is 1. The maximum Gasteiger partial charge on any atom is 0.248 e. The molecule has 0 bridgehead atoms. The first-order chi connectivity index (χ1) is 8.63. The first-order valence-electron chi connectivity index (χ1n) is 5.94. The molecule has 3 nitrogen and oxygen atoms in total. The molecule has 2 rings (SSSR count). The fraction of sp³-hybridized carbons (Fsp3) is 0.462. The molecule has 5 heteroatoms. The summed E-state index contributed by atoms with van der Waals surface area (Å²) in [6, 6.07) is 3.14. The molecule has 0 radical (unpaired) electrons. The molecule has 0 atom stereocenters. The number of benzene rings is 1. The Kier molecular flexibility index (Phi) is 4.35. The molecule has 1 aliphatic heterocycles. The van der Waals surface area contributed by atoms with Crippen LogP contribution < -0.4 is 0 Å². The van der Waals surface area contributed by atoms with E-state index >= 15 is 0 Å². The van der Waals surface area contributed by atoms with E-state index in [1.165, 1.54) is 6.07 Å². The van der Waals surface area contributed by atoms with Crippen molar-refractivity contribution in [2.45, 2.75) is 19.9 Å². The molecule has 0 unspecified atom stereocenters. The van der Waals surface area contributed by atoms with Crippen molar-refractivity contribution in [3.63, 3.8) is 0 Å². The third-order valence-electron chi connectivity index (χ3n) is 3.08. The number of halogens is 2. The van der Waals surface area contributed by atoms with Gasteiger partial charge in [0.25, 0.3) is 0 Å². The first-order valence-corrected chi connectivity index (χ1v) is 6.74. The van der Waals surface area contributed by atoms with E-state index in [9.17, 15) is 9.18 Å². The van der Waals surface area contributed by atoms with Crippen molar-refractivity contribution in [1.29, 1.82) is 0 Å². The van der Waals surface area contributed by atoms with E-state index in [0.717, 1.165) is 10.0 Å². The molecule has 98 valence electrons. The lowest BCUT2D eigenvalue weighted by molar-refractivity contribution is -0.136. The summed E-state index contributed by atoms with van der Waals surface area (Å²) in [5, 5.41) is 0. The number of carbonyl (C=O) groups excluding carboxylic acids is 1. The second kappa shape index (κ2) is 5.80. The van der Waals surface area contributed by atoms with Gasteiger partial charge in [0.15, 0.2) is 0 Å². The van der Waals surface area contributed by atoms with Crippen LogP contribution in [0.1, 0.15) is 18.1 Å². The molecule has 0 aromatic heterocycles. The molecule has 0 N–H and O–H groups in total. The van der Waals surface area contributed by atoms with Crippen molar-refractivity contribution in [1.82, 2.24) is 4.90 Å². The zero-order chi connectivity index (χ0) is 13.1. The van der Waals surface area contributed by atoms with E-state index in [0.29, 0.717) is 31.7 Å². The van der Waals surface area contributed by atoms with Crippen molar-refractivity contribution in [3.05, 3.63) is 33.5 Å². The highest BCUT2D eigenvalue weighted by atomic mass is 79.9. The number of ether oxygens (including phenoxy) is 1. The molecule has 1 heterocycles. The van der Waals surface area contributed by atoms with E-state index in [1.807, 2.05) is 6.92 Å². The Morgan fingerprint density at radius 1 is 1.50 bits per heavy atom. The summed E-state index contributed by atoms with van der Waals surface area (Å²) < 4.78 is 19.8. The molecule has 18 heavy (non-hydrogen) atoms. The van der Waals surface area contributed by atoms with E-state index in [1.54, 1.807) is 11.0 Å². The maximum atomic E-state index is 13.8. The van der Waals surface area contributed by atoms with Gasteiger partial charge in [-0.3, -0.25) is 4.79 Å². The van der Waals surface area contributed by atoms with Gasteiger partial charge in [-0.25, -0.2) is 4.39 Å². The molecule has 1 aromatic rings. The second-order valence-electron chi connectivity index (χ2n) is 4.19. The van der Waals surface area contributed by atoms with E-state index in [4.69, 9.17) is 4.74 Å². The van der Waals surface area contributed by atoms with Crippen LogP contribution in [0.3, 0.4) is 0 Å². The van der Waals surface area contributed by atoms with E-state index in [2.05, 4.69) is 15.9 Å². The Morgan fingerprint density at radius 2 is 2.28 bits per heavy atom. The van der Waals surface area contributed by atoms with Crippen LogP contribution in [-0.2, 0) is 22.5 Å². The zero-order valence-electron chi connectivity index (χ0n) is 10.2. The molecule has 0 aliphatic carbocycles. The Morgan fingerprint density at radius 3 is 3.00 bits per heavy atom. The van der Waals surface area contributed by atoms with Crippen molar-refractivity contribution in [2.75, 3.05) is 19.8 Å². The zero-order valence-corrected chi connectivity index (χ0v) is 11.8. The average Bonchev–Trinajstić information content (AvgIpc) is 2.40. The van der Waals surface area contributed by atoms with Crippen LogP contribution in [0.2, 0.25) is 0 Å². The Balaban J connectivity index is 2.14. The predicted molar refractivity (Wildman–Crippen MR) is 69.7 cm³/mol. The van der Waals surface area contributed by atoms with Gasteiger partial charge in [-0.1, -0.05) is 15.9 Å². The molecule has 0 saturated heterocycles. The molecule has 1 aliphatic rings. The second-order valence-corrected chi connectivity index (χ2v) is 5.04. The topological polar surface area (TPSA) is 29.5 Å². The summed E-state index contributed by atoms with van der Waals surface area (Å²) >= 11 is 3.42. The number of rotatable bonds is 3. The fourth-order valence-corrected chi connectivity index (χ4v) is 2.66. The van der Waals surface area contributed by atoms with Crippen LogP contribution in [0.15, 0.2) is 16.6 Å². The third-order valence-corrected chi connectivity index (χ3v) is 3.82. The summed E-state index contributed by atoms with van der Waals surface area (Å²) in [6.07, 6.45) is 0.672. The Labute approximate surface area is 114 Å². The van der Waals surface area contributed by atoms with Crippen LogP contribution in [0.25, 0.3) is 0 Å². The number of amides is 1. The van der Waals surface area contributed by atoms with Crippen molar-refractivity contribution >= 4 is 21.8 Å². The van der Waals surface area contributed by atoms with Crippen LogP contribution >= 0.6 is 15.9 Å². The molecule has 1 aromatic carbocycles. The SMILES string of the molecule is CCOCC(=O)N1CCc2c(Br)ccc(F)c2C1. The third kappa shape index (κ3) is 2.72. The quantitative estimate of drug-likeness (QED) is 0.857. The van der Waals surface area contributed by atoms with Crippen molar-refractivity contribution in [3.8, 4) is 0 Å². The number of hydrogen-bond donors (Lipinski definition) is 0. The van der Waals surface area contributed by atoms with Gasteiger partial charge in [-0.15, -0.1) is 0 Å². The highest BCUT2D eigenvalue weighted by Gasteiger charge is 2.24. The highest BCUT2D eigenvalue weighted by molar-refractivity contribution is 9.10. The summed E-state index contributed by atoms with van der Waals surface area (Å²) in [4.78, 5) is 13.5. The Hall–Kier alpha value is -0.940. The lowest BCUT2D eigenvalue weighted by Gasteiger charge is -2.29. The number of nitrogens with zero attached hydrogens (tertiary/aromatic N) is 1. The van der Waals surface area contributed by atoms with Crippen LogP contribution in [0, 0.1) is 5.82 Å². The lowest BCUT2D eigenvalue weighted by Crippen LogP contribution is -2.38. The van der Waals surface area contributed by atoms with Gasteiger partial charge in [0.1, 0.15) is 12.4 Å². The van der Waals surface area contributed by atoms with Gasteiger partial charge in [-0.05, 0) is 31.0 Å². The molecule has 0 spiro atoms. The molecular formula is C13H15BrFNO2. The van der Waals surface area contributed by atoms with Crippen LogP contribution in [-0.4, -0.2) is 30.6 Å². The van der Waals surface area contributed by atoms with Crippen LogP contribution in [0.5, 0.6) is 0 Å². The Bertz CT molecular complexity index is 465. The van der Waals surface area contributed by atoms with E-state index < -0.39 is 0 Å². The first kappa shape index (κ1) is 13.5. The van der Waals surface area contributed by atoms with E-state index in [-0.39, 0.29) is 18.3 Å². The number of fused-ring (bicyclic) bond motifs is 1. The summed E-state index contributed by atoms with van der Waals surface area (Å²) in [5.74, 6) is -0.330. The minimum Gasteiger partial charge on any atom is -0.372 e. The van der Waals surface area contributed by atoms with Gasteiger partial charge in [-0.2, -0.15) is 0 Å². The van der Waals surface area contributed by atoms with Gasteiger partial charge < -0.3 is 9.64 Å². The highest BCUT2D eigenvalue weighted by Crippen LogP contribution is 2.28. The predicted octanol–water partition coefficient (Wildman–Crippen LogP) is 2.51. The average molecular weight is 316 g/mol. The fourth-order valence-electron chi connectivity index (χ4n) is 2.09. The molecule has 0 saturated carbocycles. The van der Waals surface area contributed by atoms with Crippen LogP contribution in [0.4, 0.5) is 4.39 Å². The molecule has 0 fully saturated rings. The summed E-state index contributed by atoms with van der Waals surface area (Å²) in [5.41, 5.74) is 1.58. The maximum absolute atomic E-state index is 13.8. The standard InChI is InChI=1S/C13H15BrFNO2/c1-2-18-8-13(17)16-6-5-9-10(7-16)12(15)4-3-11(9)14/h3-4H,2,5-8H2,1H3. The van der Waals surface area contributed by atoms with Gasteiger partial charge in [0.2, 0.25) is 5.91 Å². The molecule has 1 amide bonds. The normalized spacial score (nSPS) is 14.5. The van der Waals surface area contributed by atoms with Gasteiger partial charge >= 0.3 is 0 Å². The number of hydrogen-bond acceptors (Lipinski definition) is 2. The van der Waals surface area contributed by atoms with Gasteiger partial charge in [0.05, 0.1) is 0 Å². The van der Waals surface area contributed by atoms with Crippen molar-refractivity contribution < 1.29 is 13.9 Å². The lowest BCUT2D eigenvalue weighted by atomic mass is 9.99. The minimum atomic E-state index is -0.248. The monoisotopic (exact) mass is 315 g/mol. The largest absolute Gasteiger partial charge is 0.372 e. The van der Waals surface area contributed by atoms with Gasteiger partial charge in [0, 0.05) is 29.7 Å². The summed E-state index contributed by atoms with van der Waals surface area (Å²) in [6.45, 7) is 3.36. The molecular weight excluding hydrogens is 301 g/mol. The minimum absolute atomic E-state index is 0.0709. The smallest absolute Gasteiger partial charge is 0.248 e.